The average molecular weight is 224 g/mol. The predicted molar refractivity (Wildman–Crippen MR) is 47.1 cm³/mol. The maximum atomic E-state index is 10.5. The maximum Gasteiger partial charge on any atom is 1.00 e. The smallest absolute Gasteiger partial charge is 0.744 e. The molecule has 0 atom stereocenters. The second-order valence-electron chi connectivity index (χ2n) is 2.35. The molecule has 72 valence electrons. The number of anilines is 1. The fourth-order valence-electron chi connectivity index (χ4n) is 0.849. The van der Waals surface area contributed by atoms with Gasteiger partial charge in [0, 0.05) is 12.7 Å². The molecular formula is C7H9N2NaO3S. The summed E-state index contributed by atoms with van der Waals surface area (Å²) in [4.78, 5) is -0.228. The van der Waals surface area contributed by atoms with Gasteiger partial charge in [0.15, 0.2) is 0 Å². The number of benzene rings is 1. The average Bonchev–Trinajstić information content (AvgIpc) is 2.04. The molecule has 0 bridgehead atoms. The Bertz CT molecular complexity index is 376. The molecule has 0 aliphatic carbocycles. The second kappa shape index (κ2) is 5.69. The monoisotopic (exact) mass is 224 g/mol. The van der Waals surface area contributed by atoms with Crippen LogP contribution in [-0.4, -0.2) is 20.0 Å². The van der Waals surface area contributed by atoms with E-state index in [1.807, 2.05) is 0 Å². The Morgan fingerprint density at radius 3 is 2.07 bits per heavy atom. The van der Waals surface area contributed by atoms with E-state index in [0.29, 0.717) is 5.69 Å². The fraction of sp³-hybridized carbons (Fsp3) is 0.143. The van der Waals surface area contributed by atoms with E-state index in [0.717, 1.165) is 0 Å². The molecular weight excluding hydrogens is 215 g/mol. The van der Waals surface area contributed by atoms with Crippen molar-refractivity contribution in [1.82, 2.24) is 5.43 Å². The zero-order valence-electron chi connectivity index (χ0n) is 7.94. The van der Waals surface area contributed by atoms with Crippen molar-refractivity contribution < 1.29 is 42.5 Å². The van der Waals surface area contributed by atoms with E-state index in [4.69, 9.17) is 0 Å². The SMILES string of the molecule is CNNc1ccc(S(=O)(=O)[O-])cc1.[Na+]. The second-order valence-corrected chi connectivity index (χ2v) is 3.73. The Morgan fingerprint density at radius 1 is 1.21 bits per heavy atom. The molecule has 0 unspecified atom stereocenters. The largest absolute Gasteiger partial charge is 1.00 e. The van der Waals surface area contributed by atoms with Gasteiger partial charge < -0.3 is 9.98 Å². The summed E-state index contributed by atoms with van der Waals surface area (Å²) in [6.07, 6.45) is 0. The standard InChI is InChI=1S/C7H10N2O3S.Na/c1-8-9-6-2-4-7(5-3-6)13(10,11)12;/h2-5,8-9H,1H3,(H,10,11,12);/q;+1/p-1. The maximum absolute atomic E-state index is 10.5. The summed E-state index contributed by atoms with van der Waals surface area (Å²) in [6.45, 7) is 0. The molecule has 7 heteroatoms. The van der Waals surface area contributed by atoms with E-state index in [2.05, 4.69) is 10.9 Å². The Morgan fingerprint density at radius 2 is 1.71 bits per heavy atom. The zero-order chi connectivity index (χ0) is 9.90. The van der Waals surface area contributed by atoms with Gasteiger partial charge in [-0.15, -0.1) is 0 Å². The van der Waals surface area contributed by atoms with Gasteiger partial charge in [-0.2, -0.15) is 0 Å². The Hall–Kier alpha value is -0.110. The van der Waals surface area contributed by atoms with Crippen molar-refractivity contribution in [2.45, 2.75) is 4.90 Å². The summed E-state index contributed by atoms with van der Waals surface area (Å²) < 4.78 is 31.5. The summed E-state index contributed by atoms with van der Waals surface area (Å²) in [5.41, 5.74) is 6.09. The van der Waals surface area contributed by atoms with Crippen LogP contribution in [0.1, 0.15) is 0 Å². The molecule has 0 saturated carbocycles. The number of hydrazine groups is 1. The van der Waals surface area contributed by atoms with Crippen molar-refractivity contribution in [2.75, 3.05) is 12.5 Å². The Labute approximate surface area is 105 Å². The number of hydrogen-bond donors (Lipinski definition) is 2. The van der Waals surface area contributed by atoms with Crippen LogP contribution in [0.3, 0.4) is 0 Å². The van der Waals surface area contributed by atoms with Gasteiger partial charge in [-0.3, -0.25) is 0 Å². The molecule has 0 spiro atoms. The number of nitrogens with one attached hydrogen (secondary N) is 2. The quantitative estimate of drug-likeness (QED) is 0.328. The van der Waals surface area contributed by atoms with Gasteiger partial charge in [0.2, 0.25) is 0 Å². The Balaban J connectivity index is 0.00000169. The van der Waals surface area contributed by atoms with Crippen LogP contribution < -0.4 is 40.4 Å². The predicted octanol–water partition coefficient (Wildman–Crippen LogP) is -2.86. The first-order valence-electron chi connectivity index (χ1n) is 3.53. The van der Waals surface area contributed by atoms with Gasteiger partial charge in [0.25, 0.3) is 0 Å². The van der Waals surface area contributed by atoms with Crippen LogP contribution in [0, 0.1) is 0 Å². The molecule has 1 aromatic carbocycles. The van der Waals surface area contributed by atoms with E-state index in [1.165, 1.54) is 24.3 Å². The first-order valence-corrected chi connectivity index (χ1v) is 4.93. The summed E-state index contributed by atoms with van der Waals surface area (Å²) in [7, 11) is -2.65. The van der Waals surface area contributed by atoms with E-state index in [1.54, 1.807) is 7.05 Å². The van der Waals surface area contributed by atoms with Crippen molar-refractivity contribution >= 4 is 15.8 Å². The van der Waals surface area contributed by atoms with Crippen molar-refractivity contribution in [3.63, 3.8) is 0 Å². The van der Waals surface area contributed by atoms with Crippen LogP contribution >= 0.6 is 0 Å². The molecule has 0 radical (unpaired) electrons. The summed E-state index contributed by atoms with van der Waals surface area (Å²) >= 11 is 0. The van der Waals surface area contributed by atoms with Crippen LogP contribution in [0.5, 0.6) is 0 Å². The minimum atomic E-state index is -4.33. The minimum absolute atomic E-state index is 0. The van der Waals surface area contributed by atoms with Gasteiger partial charge >= 0.3 is 29.6 Å². The summed E-state index contributed by atoms with van der Waals surface area (Å²) in [6, 6.07) is 5.51. The number of hydrogen-bond acceptors (Lipinski definition) is 5. The topological polar surface area (TPSA) is 81.3 Å². The van der Waals surface area contributed by atoms with Crippen molar-refractivity contribution in [2.24, 2.45) is 0 Å². The van der Waals surface area contributed by atoms with Crippen LogP contribution in [-0.2, 0) is 10.1 Å². The number of rotatable bonds is 3. The van der Waals surface area contributed by atoms with Crippen LogP contribution in [0.4, 0.5) is 5.69 Å². The van der Waals surface area contributed by atoms with Crippen molar-refractivity contribution in [1.29, 1.82) is 0 Å². The van der Waals surface area contributed by atoms with Crippen LogP contribution in [0.15, 0.2) is 29.2 Å². The first-order chi connectivity index (χ1) is 6.04. The van der Waals surface area contributed by atoms with Gasteiger partial charge in [0.05, 0.1) is 4.90 Å². The normalized spacial score (nSPS) is 10.4. The first kappa shape index (κ1) is 13.9. The van der Waals surface area contributed by atoms with E-state index < -0.39 is 10.1 Å². The fourth-order valence-corrected chi connectivity index (χ4v) is 1.32. The van der Waals surface area contributed by atoms with Gasteiger partial charge in [-0.25, -0.2) is 13.8 Å². The molecule has 1 rings (SSSR count). The van der Waals surface area contributed by atoms with E-state index >= 15 is 0 Å². The molecule has 0 amide bonds. The van der Waals surface area contributed by atoms with Gasteiger partial charge in [-0.1, -0.05) is 0 Å². The third-order valence-corrected chi connectivity index (χ3v) is 2.26. The molecule has 0 aliphatic rings. The van der Waals surface area contributed by atoms with Gasteiger partial charge in [0.1, 0.15) is 10.1 Å². The molecule has 1 aromatic rings. The Kier molecular flexibility index (Phi) is 5.65. The van der Waals surface area contributed by atoms with Crippen LogP contribution in [0.25, 0.3) is 0 Å². The summed E-state index contributed by atoms with van der Waals surface area (Å²) in [5, 5.41) is 0. The molecule has 2 N–H and O–H groups in total. The third kappa shape index (κ3) is 3.95. The van der Waals surface area contributed by atoms with E-state index in [9.17, 15) is 13.0 Å². The minimum Gasteiger partial charge on any atom is -0.744 e. The van der Waals surface area contributed by atoms with Gasteiger partial charge in [-0.05, 0) is 24.3 Å². The van der Waals surface area contributed by atoms with Crippen molar-refractivity contribution in [3.8, 4) is 0 Å². The molecule has 0 aliphatic heterocycles. The molecule has 14 heavy (non-hydrogen) atoms. The van der Waals surface area contributed by atoms with Crippen molar-refractivity contribution in [3.05, 3.63) is 24.3 Å². The van der Waals surface area contributed by atoms with Crippen LogP contribution in [0.2, 0.25) is 0 Å². The molecule has 0 fully saturated rings. The molecule has 0 heterocycles. The molecule has 0 aromatic heterocycles. The molecule has 0 saturated heterocycles. The molecule has 5 nitrogen and oxygen atoms in total. The third-order valence-electron chi connectivity index (χ3n) is 1.41. The zero-order valence-corrected chi connectivity index (χ0v) is 10.8. The summed E-state index contributed by atoms with van der Waals surface area (Å²) in [5.74, 6) is 0. The van der Waals surface area contributed by atoms with E-state index in [-0.39, 0.29) is 34.5 Å².